The van der Waals surface area contributed by atoms with Gasteiger partial charge in [-0.15, -0.1) is 0 Å². The van der Waals surface area contributed by atoms with Gasteiger partial charge >= 0.3 is 0 Å². The molecule has 14 heavy (non-hydrogen) atoms. The van der Waals surface area contributed by atoms with Gasteiger partial charge in [0, 0.05) is 0 Å². The molecule has 0 aromatic heterocycles. The minimum Gasteiger partial charge on any atom is -0.0845 e. The third-order valence-electron chi connectivity index (χ3n) is 2.27. The van der Waals surface area contributed by atoms with E-state index in [1.807, 2.05) is 0 Å². The molecule has 0 atom stereocenters. The summed E-state index contributed by atoms with van der Waals surface area (Å²) in [5, 5.41) is 0. The van der Waals surface area contributed by atoms with Crippen molar-refractivity contribution in [3.63, 3.8) is 0 Å². The van der Waals surface area contributed by atoms with E-state index in [2.05, 4.69) is 38.2 Å². The summed E-state index contributed by atoms with van der Waals surface area (Å²) in [6, 6.07) is 0. The quantitative estimate of drug-likeness (QED) is 0.354. The number of rotatable bonds is 9. The maximum Gasteiger partial charge on any atom is -0.0347 e. The summed E-state index contributed by atoms with van der Waals surface area (Å²) in [5.41, 5.74) is 0. The van der Waals surface area contributed by atoms with Gasteiger partial charge in [0.25, 0.3) is 0 Å². The predicted octanol–water partition coefficient (Wildman–Crippen LogP) is 5.07. The fraction of sp³-hybridized carbons (Fsp3) is 0.643. The first-order chi connectivity index (χ1) is 6.91. The van der Waals surface area contributed by atoms with Crippen LogP contribution in [0, 0.1) is 6.92 Å². The molecule has 0 aliphatic carbocycles. The lowest BCUT2D eigenvalue weighted by molar-refractivity contribution is 0.611. The maximum absolute atomic E-state index is 3.74. The van der Waals surface area contributed by atoms with E-state index >= 15 is 0 Å². The molecule has 0 aliphatic heterocycles. The SMILES string of the molecule is [CH2]C/C=C/C=C/CCCCCCCC. The van der Waals surface area contributed by atoms with Crippen molar-refractivity contribution < 1.29 is 0 Å². The monoisotopic (exact) mass is 193 g/mol. The summed E-state index contributed by atoms with van der Waals surface area (Å²) in [5.74, 6) is 0. The molecule has 0 fully saturated rings. The van der Waals surface area contributed by atoms with Crippen LogP contribution < -0.4 is 0 Å². The van der Waals surface area contributed by atoms with Crippen LogP contribution in [-0.4, -0.2) is 0 Å². The standard InChI is InChI=1S/C14H25/c1-3-5-7-9-11-13-14-12-10-8-6-4-2/h5,7,9,11H,1,3-4,6,8,10,12-14H2,2H3/b7-5+,11-9+. The molecular formula is C14H25. The molecule has 0 unspecified atom stereocenters. The van der Waals surface area contributed by atoms with Crippen molar-refractivity contribution in [2.24, 2.45) is 0 Å². The van der Waals surface area contributed by atoms with Gasteiger partial charge in [-0.1, -0.05) is 63.3 Å². The van der Waals surface area contributed by atoms with Gasteiger partial charge < -0.3 is 0 Å². The molecule has 81 valence electrons. The van der Waals surface area contributed by atoms with Crippen LogP contribution in [0.4, 0.5) is 0 Å². The zero-order valence-corrected chi connectivity index (χ0v) is 9.67. The third-order valence-corrected chi connectivity index (χ3v) is 2.27. The van der Waals surface area contributed by atoms with E-state index in [1.165, 1.54) is 44.9 Å². The van der Waals surface area contributed by atoms with Gasteiger partial charge in [-0.25, -0.2) is 0 Å². The molecule has 0 saturated heterocycles. The highest BCUT2D eigenvalue weighted by molar-refractivity contribution is 5.02. The van der Waals surface area contributed by atoms with Gasteiger partial charge in [0.1, 0.15) is 0 Å². The van der Waals surface area contributed by atoms with Crippen molar-refractivity contribution >= 4 is 0 Å². The van der Waals surface area contributed by atoms with E-state index < -0.39 is 0 Å². The minimum atomic E-state index is 0.890. The Morgan fingerprint density at radius 2 is 1.50 bits per heavy atom. The van der Waals surface area contributed by atoms with E-state index in [4.69, 9.17) is 0 Å². The summed E-state index contributed by atoms with van der Waals surface area (Å²) in [6.45, 7) is 6.00. The average Bonchev–Trinajstić information content (AvgIpc) is 2.21. The Hall–Kier alpha value is -0.520. The molecule has 0 aromatic carbocycles. The summed E-state index contributed by atoms with van der Waals surface area (Å²) >= 11 is 0. The highest BCUT2D eigenvalue weighted by Gasteiger charge is 1.87. The largest absolute Gasteiger partial charge is 0.0845 e. The number of hydrogen-bond donors (Lipinski definition) is 0. The number of unbranched alkanes of at least 4 members (excludes halogenated alkanes) is 6. The second-order valence-electron chi connectivity index (χ2n) is 3.70. The normalized spacial score (nSPS) is 11.9. The van der Waals surface area contributed by atoms with Crippen LogP contribution in [0.1, 0.15) is 58.3 Å². The molecule has 0 amide bonds. The highest BCUT2D eigenvalue weighted by atomic mass is 13.9. The summed E-state index contributed by atoms with van der Waals surface area (Å²) in [6.07, 6.45) is 19.0. The first-order valence-corrected chi connectivity index (χ1v) is 6.02. The van der Waals surface area contributed by atoms with Crippen molar-refractivity contribution in [3.05, 3.63) is 31.2 Å². The molecule has 0 bridgehead atoms. The van der Waals surface area contributed by atoms with Crippen LogP contribution in [0.25, 0.3) is 0 Å². The molecule has 0 aromatic rings. The van der Waals surface area contributed by atoms with Gasteiger partial charge in [0.15, 0.2) is 0 Å². The van der Waals surface area contributed by atoms with E-state index in [-0.39, 0.29) is 0 Å². The van der Waals surface area contributed by atoms with Crippen LogP contribution in [0.15, 0.2) is 24.3 Å². The molecule has 0 aliphatic rings. The van der Waals surface area contributed by atoms with Crippen LogP contribution in [0.5, 0.6) is 0 Å². The first kappa shape index (κ1) is 13.5. The lowest BCUT2D eigenvalue weighted by Gasteiger charge is -1.97. The van der Waals surface area contributed by atoms with Gasteiger partial charge in [0.2, 0.25) is 0 Å². The molecule has 0 heterocycles. The lowest BCUT2D eigenvalue weighted by Crippen LogP contribution is -1.77. The summed E-state index contributed by atoms with van der Waals surface area (Å²) in [4.78, 5) is 0. The minimum absolute atomic E-state index is 0.890. The molecule has 0 nitrogen and oxygen atoms in total. The smallest absolute Gasteiger partial charge is 0.0347 e. The van der Waals surface area contributed by atoms with E-state index in [0.717, 1.165) is 6.42 Å². The second-order valence-corrected chi connectivity index (χ2v) is 3.70. The first-order valence-electron chi connectivity index (χ1n) is 6.02. The molecule has 1 radical (unpaired) electrons. The zero-order valence-electron chi connectivity index (χ0n) is 9.67. The Kier molecular flexibility index (Phi) is 12.0. The Morgan fingerprint density at radius 1 is 0.857 bits per heavy atom. The van der Waals surface area contributed by atoms with Gasteiger partial charge in [0.05, 0.1) is 0 Å². The topological polar surface area (TPSA) is 0 Å². The fourth-order valence-corrected chi connectivity index (χ4v) is 1.39. The average molecular weight is 193 g/mol. The van der Waals surface area contributed by atoms with Crippen molar-refractivity contribution in [2.75, 3.05) is 0 Å². The molecule has 0 saturated carbocycles. The second kappa shape index (κ2) is 12.5. The van der Waals surface area contributed by atoms with Gasteiger partial charge in [-0.2, -0.15) is 0 Å². The molecular weight excluding hydrogens is 168 g/mol. The zero-order chi connectivity index (χ0) is 10.5. The van der Waals surface area contributed by atoms with Crippen LogP contribution in [0.2, 0.25) is 0 Å². The maximum atomic E-state index is 3.74. The van der Waals surface area contributed by atoms with Crippen LogP contribution >= 0.6 is 0 Å². The Labute approximate surface area is 90.1 Å². The fourth-order valence-electron chi connectivity index (χ4n) is 1.39. The Balaban J connectivity index is 3.05. The summed E-state index contributed by atoms with van der Waals surface area (Å²) < 4.78 is 0. The molecule has 0 rings (SSSR count). The van der Waals surface area contributed by atoms with Crippen LogP contribution in [0.3, 0.4) is 0 Å². The van der Waals surface area contributed by atoms with Crippen molar-refractivity contribution in [2.45, 2.75) is 58.3 Å². The lowest BCUT2D eigenvalue weighted by atomic mass is 10.1. The summed E-state index contributed by atoms with van der Waals surface area (Å²) in [7, 11) is 0. The Bertz CT molecular complexity index is 142. The van der Waals surface area contributed by atoms with Crippen molar-refractivity contribution in [1.29, 1.82) is 0 Å². The molecule has 0 heteroatoms. The van der Waals surface area contributed by atoms with Crippen molar-refractivity contribution in [1.82, 2.24) is 0 Å². The number of allylic oxidation sites excluding steroid dienone is 4. The predicted molar refractivity (Wildman–Crippen MR) is 66.2 cm³/mol. The Morgan fingerprint density at radius 3 is 2.21 bits per heavy atom. The number of hydrogen-bond acceptors (Lipinski definition) is 0. The van der Waals surface area contributed by atoms with E-state index in [1.54, 1.807) is 0 Å². The van der Waals surface area contributed by atoms with E-state index in [0.29, 0.717) is 0 Å². The highest BCUT2D eigenvalue weighted by Crippen LogP contribution is 2.07. The van der Waals surface area contributed by atoms with Crippen molar-refractivity contribution in [3.8, 4) is 0 Å². The van der Waals surface area contributed by atoms with E-state index in [9.17, 15) is 0 Å². The van der Waals surface area contributed by atoms with Gasteiger partial charge in [-0.05, 0) is 26.2 Å². The van der Waals surface area contributed by atoms with Crippen LogP contribution in [-0.2, 0) is 0 Å². The molecule has 0 N–H and O–H groups in total. The molecule has 0 spiro atoms. The third kappa shape index (κ3) is 11.5. The van der Waals surface area contributed by atoms with Gasteiger partial charge in [-0.3, -0.25) is 0 Å².